The third kappa shape index (κ3) is 5.38. The van der Waals surface area contributed by atoms with Gasteiger partial charge in [0.05, 0.1) is 0 Å². The molecule has 3 nitrogen and oxygen atoms in total. The maximum Gasteiger partial charge on any atom is 0.222 e. The van der Waals surface area contributed by atoms with Crippen LogP contribution in [0.5, 0.6) is 0 Å². The van der Waals surface area contributed by atoms with Crippen LogP contribution in [0.15, 0.2) is 0 Å². The summed E-state index contributed by atoms with van der Waals surface area (Å²) in [5, 5.41) is 0. The van der Waals surface area contributed by atoms with Crippen molar-refractivity contribution in [1.29, 1.82) is 0 Å². The molecule has 3 heteroatoms. The van der Waals surface area contributed by atoms with Gasteiger partial charge in [0.1, 0.15) is 0 Å². The number of amides is 1. The highest BCUT2D eigenvalue weighted by molar-refractivity contribution is 5.76. The van der Waals surface area contributed by atoms with Crippen molar-refractivity contribution < 1.29 is 4.79 Å². The molecule has 0 aromatic rings. The van der Waals surface area contributed by atoms with Crippen LogP contribution in [0.3, 0.4) is 0 Å². The molecule has 0 aromatic carbocycles. The molecule has 18 heavy (non-hydrogen) atoms. The van der Waals surface area contributed by atoms with E-state index in [1.165, 1.54) is 19.3 Å². The summed E-state index contributed by atoms with van der Waals surface area (Å²) >= 11 is 0. The largest absolute Gasteiger partial charge is 0.343 e. The molecule has 0 aliphatic carbocycles. The van der Waals surface area contributed by atoms with Gasteiger partial charge < -0.3 is 9.80 Å². The predicted octanol–water partition coefficient (Wildman–Crippen LogP) is 2.61. The van der Waals surface area contributed by atoms with Gasteiger partial charge in [-0.15, -0.1) is 0 Å². The maximum atomic E-state index is 12.2. The van der Waals surface area contributed by atoms with Gasteiger partial charge in [-0.1, -0.05) is 20.3 Å². The molecule has 0 bridgehead atoms. The van der Waals surface area contributed by atoms with Gasteiger partial charge in [-0.2, -0.15) is 0 Å². The second-order valence-corrected chi connectivity index (χ2v) is 6.13. The number of hydrogen-bond donors (Lipinski definition) is 0. The third-order valence-corrected chi connectivity index (χ3v) is 4.14. The molecule has 0 saturated carbocycles. The van der Waals surface area contributed by atoms with E-state index in [9.17, 15) is 4.79 Å². The van der Waals surface area contributed by atoms with E-state index in [-0.39, 0.29) is 0 Å². The molecular weight excluding hydrogens is 224 g/mol. The minimum atomic E-state index is 0.371. The van der Waals surface area contributed by atoms with Crippen molar-refractivity contribution in [3.05, 3.63) is 0 Å². The summed E-state index contributed by atoms with van der Waals surface area (Å²) < 4.78 is 0. The lowest BCUT2D eigenvalue weighted by molar-refractivity contribution is -0.133. The quantitative estimate of drug-likeness (QED) is 0.727. The Balaban J connectivity index is 2.24. The lowest BCUT2D eigenvalue weighted by atomic mass is 9.93. The number of piperidine rings is 1. The van der Waals surface area contributed by atoms with Gasteiger partial charge in [-0.25, -0.2) is 0 Å². The Labute approximate surface area is 113 Å². The zero-order chi connectivity index (χ0) is 13.5. The molecular formula is C15H30N2O. The molecule has 0 aromatic heterocycles. The summed E-state index contributed by atoms with van der Waals surface area (Å²) in [5.41, 5.74) is 0. The Bertz CT molecular complexity index is 245. The first-order chi connectivity index (χ1) is 8.52. The van der Waals surface area contributed by atoms with Crippen molar-refractivity contribution in [3.63, 3.8) is 0 Å². The summed E-state index contributed by atoms with van der Waals surface area (Å²) in [6.45, 7) is 7.49. The monoisotopic (exact) mass is 254 g/mol. The maximum absolute atomic E-state index is 12.2. The topological polar surface area (TPSA) is 23.6 Å². The van der Waals surface area contributed by atoms with Crippen LogP contribution in [0, 0.1) is 11.8 Å². The van der Waals surface area contributed by atoms with E-state index in [0.717, 1.165) is 38.4 Å². The standard InChI is InChI=1S/C15H30N2O/c1-5-14-7-10-17(11-8-14)15(18)12-13(2)6-9-16(3)4/h13-14H,5-12H2,1-4H3. The molecule has 1 rings (SSSR count). The number of hydrogen-bond acceptors (Lipinski definition) is 2. The number of rotatable bonds is 6. The van der Waals surface area contributed by atoms with Crippen LogP contribution < -0.4 is 0 Å². The fourth-order valence-corrected chi connectivity index (χ4v) is 2.60. The second kappa shape index (κ2) is 7.78. The highest BCUT2D eigenvalue weighted by Gasteiger charge is 2.22. The molecule has 0 radical (unpaired) electrons. The first-order valence-corrected chi connectivity index (χ1v) is 7.45. The lowest BCUT2D eigenvalue weighted by Crippen LogP contribution is -2.39. The summed E-state index contributed by atoms with van der Waals surface area (Å²) in [6, 6.07) is 0. The van der Waals surface area contributed by atoms with Crippen LogP contribution in [0.25, 0.3) is 0 Å². The Hall–Kier alpha value is -0.570. The van der Waals surface area contributed by atoms with E-state index in [0.29, 0.717) is 11.8 Å². The zero-order valence-corrected chi connectivity index (χ0v) is 12.6. The Morgan fingerprint density at radius 3 is 2.44 bits per heavy atom. The molecule has 106 valence electrons. The fraction of sp³-hybridized carbons (Fsp3) is 0.933. The average molecular weight is 254 g/mol. The van der Waals surface area contributed by atoms with Gasteiger partial charge in [0.2, 0.25) is 5.91 Å². The SMILES string of the molecule is CCC1CCN(C(=O)CC(C)CCN(C)C)CC1. The van der Waals surface area contributed by atoms with Crippen molar-refractivity contribution in [2.75, 3.05) is 33.7 Å². The van der Waals surface area contributed by atoms with E-state index in [1.807, 2.05) is 0 Å². The Kier molecular flexibility index (Phi) is 6.69. The molecule has 1 unspecified atom stereocenters. The minimum absolute atomic E-state index is 0.371. The molecule has 1 aliphatic heterocycles. The minimum Gasteiger partial charge on any atom is -0.343 e. The summed E-state index contributed by atoms with van der Waals surface area (Å²) in [5.74, 6) is 1.72. The number of nitrogens with zero attached hydrogens (tertiary/aromatic N) is 2. The smallest absolute Gasteiger partial charge is 0.222 e. The molecule has 1 fully saturated rings. The zero-order valence-electron chi connectivity index (χ0n) is 12.6. The van der Waals surface area contributed by atoms with Crippen LogP contribution >= 0.6 is 0 Å². The van der Waals surface area contributed by atoms with Crippen LogP contribution in [-0.2, 0) is 4.79 Å². The van der Waals surface area contributed by atoms with Crippen molar-refractivity contribution in [2.45, 2.75) is 46.0 Å². The highest BCUT2D eigenvalue weighted by Crippen LogP contribution is 2.21. The summed E-state index contributed by atoms with van der Waals surface area (Å²) in [7, 11) is 4.17. The summed E-state index contributed by atoms with van der Waals surface area (Å²) in [4.78, 5) is 16.4. The van der Waals surface area contributed by atoms with Gasteiger partial charge in [0, 0.05) is 19.5 Å². The van der Waals surface area contributed by atoms with E-state index >= 15 is 0 Å². The Morgan fingerprint density at radius 1 is 1.33 bits per heavy atom. The van der Waals surface area contributed by atoms with E-state index < -0.39 is 0 Å². The molecule has 1 heterocycles. The normalized spacial score (nSPS) is 19.3. The van der Waals surface area contributed by atoms with Crippen molar-refractivity contribution in [3.8, 4) is 0 Å². The second-order valence-electron chi connectivity index (χ2n) is 6.13. The van der Waals surface area contributed by atoms with Gasteiger partial charge in [-0.05, 0) is 51.7 Å². The predicted molar refractivity (Wildman–Crippen MR) is 76.5 cm³/mol. The number of carbonyl (C=O) groups excluding carboxylic acids is 1. The first kappa shape index (κ1) is 15.5. The van der Waals surface area contributed by atoms with Gasteiger partial charge >= 0.3 is 0 Å². The third-order valence-electron chi connectivity index (χ3n) is 4.14. The lowest BCUT2D eigenvalue weighted by Gasteiger charge is -2.32. The van der Waals surface area contributed by atoms with Crippen LogP contribution in [0.2, 0.25) is 0 Å². The van der Waals surface area contributed by atoms with E-state index in [2.05, 4.69) is 37.7 Å². The molecule has 1 atom stereocenters. The van der Waals surface area contributed by atoms with Crippen LogP contribution in [-0.4, -0.2) is 49.4 Å². The Morgan fingerprint density at radius 2 is 1.94 bits per heavy atom. The van der Waals surface area contributed by atoms with Crippen LogP contribution in [0.1, 0.15) is 46.0 Å². The molecule has 1 amide bonds. The number of carbonyl (C=O) groups is 1. The first-order valence-electron chi connectivity index (χ1n) is 7.45. The molecule has 0 spiro atoms. The van der Waals surface area contributed by atoms with Crippen molar-refractivity contribution in [1.82, 2.24) is 9.80 Å². The number of likely N-dealkylation sites (tertiary alicyclic amines) is 1. The molecule has 0 N–H and O–H groups in total. The van der Waals surface area contributed by atoms with Crippen molar-refractivity contribution >= 4 is 5.91 Å². The van der Waals surface area contributed by atoms with Gasteiger partial charge in [0.25, 0.3) is 0 Å². The van der Waals surface area contributed by atoms with Crippen LogP contribution in [0.4, 0.5) is 0 Å². The fourth-order valence-electron chi connectivity index (χ4n) is 2.60. The van der Waals surface area contributed by atoms with Gasteiger partial charge in [-0.3, -0.25) is 4.79 Å². The van der Waals surface area contributed by atoms with E-state index in [1.54, 1.807) is 0 Å². The van der Waals surface area contributed by atoms with Crippen molar-refractivity contribution in [2.24, 2.45) is 11.8 Å². The van der Waals surface area contributed by atoms with E-state index in [4.69, 9.17) is 0 Å². The highest BCUT2D eigenvalue weighted by atomic mass is 16.2. The molecule has 1 aliphatic rings. The van der Waals surface area contributed by atoms with Gasteiger partial charge in [0.15, 0.2) is 0 Å². The average Bonchev–Trinajstić information content (AvgIpc) is 2.36. The molecule has 1 saturated heterocycles. The summed E-state index contributed by atoms with van der Waals surface area (Å²) in [6.07, 6.45) is 5.51.